The van der Waals surface area contributed by atoms with Gasteiger partial charge in [-0.1, -0.05) is 21.6 Å². The normalized spacial score (nSPS) is 14.4. The second-order valence-corrected chi connectivity index (χ2v) is 5.56. The van der Waals surface area contributed by atoms with Crippen LogP contribution >= 0.6 is 45.1 Å². The largest absolute Gasteiger partial charge is 0.480 e. The molecule has 0 aliphatic carbocycles. The Morgan fingerprint density at radius 1 is 1.00 bits per heavy atom. The predicted octanol–water partition coefficient (Wildman–Crippen LogP) is 0.761. The fourth-order valence-electron chi connectivity index (χ4n) is 0.531. The molecule has 0 aliphatic rings. The van der Waals surface area contributed by atoms with Gasteiger partial charge in [0.2, 0.25) is 0 Å². The summed E-state index contributed by atoms with van der Waals surface area (Å²) in [5.74, 6) is -1.68. The van der Waals surface area contributed by atoms with Gasteiger partial charge in [-0.15, -0.1) is 0 Å². The summed E-state index contributed by atoms with van der Waals surface area (Å²) in [7, 11) is 2.40. The molecule has 0 unspecified atom stereocenters. The Bertz CT molecular complexity index is 223. The number of carboxylic acids is 2. The summed E-state index contributed by atoms with van der Waals surface area (Å²) in [4.78, 5) is 25.3. The zero-order valence-electron chi connectivity index (χ0n) is 7.85. The lowest BCUT2D eigenvalue weighted by molar-refractivity contribution is -0.139. The highest BCUT2D eigenvalue weighted by Gasteiger charge is 2.18. The third-order valence-electron chi connectivity index (χ3n) is 1.41. The maximum Gasteiger partial charge on any atom is 0.322 e. The van der Waals surface area contributed by atoms with E-state index < -0.39 is 24.0 Å². The van der Waals surface area contributed by atoms with Crippen LogP contribution < -0.4 is 9.67 Å². The van der Waals surface area contributed by atoms with Crippen molar-refractivity contribution in [3.05, 3.63) is 0 Å². The third-order valence-corrected chi connectivity index (χ3v) is 4.36. The Kier molecular flexibility index (Phi) is 9.28. The zero-order valence-corrected chi connectivity index (χ0v) is 11.0. The van der Waals surface area contributed by atoms with Crippen LogP contribution in [0.5, 0.6) is 0 Å². The first-order chi connectivity index (χ1) is 7.52. The van der Waals surface area contributed by atoms with Crippen LogP contribution in [-0.2, 0) is 9.59 Å². The van der Waals surface area contributed by atoms with Gasteiger partial charge in [-0.2, -0.15) is 0 Å². The minimum atomic E-state index is -1.06. The molecular formula is C6H10Cl2N2O4S2. The number of aliphatic carboxylic acids is 2. The third kappa shape index (κ3) is 6.66. The van der Waals surface area contributed by atoms with Crippen LogP contribution in [0.25, 0.3) is 0 Å². The average Bonchev–Trinajstić information content (AvgIpc) is 2.22. The SMILES string of the molecule is O=C(O)[C@H](CSSC[C@H](NCl)C(=O)O)NCl. The van der Waals surface area contributed by atoms with Gasteiger partial charge in [0.15, 0.2) is 0 Å². The van der Waals surface area contributed by atoms with E-state index in [-0.39, 0.29) is 11.5 Å². The highest BCUT2D eigenvalue weighted by Crippen LogP contribution is 2.23. The van der Waals surface area contributed by atoms with Crippen molar-refractivity contribution >= 4 is 57.1 Å². The molecule has 10 heteroatoms. The van der Waals surface area contributed by atoms with Crippen molar-refractivity contribution in [1.29, 1.82) is 0 Å². The second-order valence-electron chi connectivity index (χ2n) is 2.57. The van der Waals surface area contributed by atoms with Crippen LogP contribution in [0.15, 0.2) is 0 Å². The molecule has 16 heavy (non-hydrogen) atoms. The second kappa shape index (κ2) is 9.20. The van der Waals surface area contributed by atoms with Crippen molar-refractivity contribution in [3.8, 4) is 0 Å². The molecular weight excluding hydrogens is 299 g/mol. The van der Waals surface area contributed by atoms with Crippen LogP contribution in [0.3, 0.4) is 0 Å². The molecule has 0 saturated carbocycles. The monoisotopic (exact) mass is 308 g/mol. The minimum Gasteiger partial charge on any atom is -0.480 e. The molecule has 0 aromatic heterocycles. The Morgan fingerprint density at radius 2 is 1.31 bits per heavy atom. The molecule has 0 aliphatic heterocycles. The van der Waals surface area contributed by atoms with Crippen LogP contribution in [0.2, 0.25) is 0 Å². The maximum atomic E-state index is 10.5. The molecule has 0 aromatic rings. The van der Waals surface area contributed by atoms with Crippen LogP contribution in [-0.4, -0.2) is 45.7 Å². The smallest absolute Gasteiger partial charge is 0.322 e. The first-order valence-corrected chi connectivity index (χ1v) is 7.19. The molecule has 6 nitrogen and oxygen atoms in total. The van der Waals surface area contributed by atoms with Gasteiger partial charge >= 0.3 is 11.9 Å². The number of carboxylic acid groups (broad SMARTS) is 2. The summed E-state index contributed by atoms with van der Waals surface area (Å²) in [6.45, 7) is 0. The van der Waals surface area contributed by atoms with Crippen LogP contribution in [0.4, 0.5) is 0 Å². The quantitative estimate of drug-likeness (QED) is 0.281. The van der Waals surface area contributed by atoms with Crippen molar-refractivity contribution < 1.29 is 19.8 Å². The van der Waals surface area contributed by atoms with Crippen molar-refractivity contribution in [2.24, 2.45) is 0 Å². The topological polar surface area (TPSA) is 98.7 Å². The van der Waals surface area contributed by atoms with E-state index in [1.54, 1.807) is 0 Å². The zero-order chi connectivity index (χ0) is 12.6. The van der Waals surface area contributed by atoms with E-state index in [1.807, 2.05) is 0 Å². The first kappa shape index (κ1) is 16.1. The van der Waals surface area contributed by atoms with Gasteiger partial charge in [0.05, 0.1) is 0 Å². The van der Waals surface area contributed by atoms with E-state index in [0.717, 1.165) is 0 Å². The van der Waals surface area contributed by atoms with E-state index >= 15 is 0 Å². The molecule has 4 N–H and O–H groups in total. The van der Waals surface area contributed by atoms with Gasteiger partial charge < -0.3 is 10.2 Å². The summed E-state index contributed by atoms with van der Waals surface area (Å²) in [6.07, 6.45) is 0. The highest BCUT2D eigenvalue weighted by molar-refractivity contribution is 8.76. The maximum absolute atomic E-state index is 10.5. The molecule has 0 aromatic carbocycles. The van der Waals surface area contributed by atoms with Crippen LogP contribution in [0, 0.1) is 0 Å². The molecule has 0 radical (unpaired) electrons. The van der Waals surface area contributed by atoms with E-state index in [0.29, 0.717) is 0 Å². The van der Waals surface area contributed by atoms with Gasteiger partial charge in [-0.25, -0.2) is 9.67 Å². The molecule has 0 fully saturated rings. The Morgan fingerprint density at radius 3 is 1.50 bits per heavy atom. The molecule has 0 amide bonds. The van der Waals surface area contributed by atoms with Gasteiger partial charge in [0.25, 0.3) is 0 Å². The van der Waals surface area contributed by atoms with Crippen LogP contribution in [0.1, 0.15) is 0 Å². The standard InChI is InChI=1S/C6H10Cl2N2O4S2/c7-9-3(5(11)12)1-15-16-2-4(10-8)6(13)14/h3-4,9-10H,1-2H2,(H,11,12)(H,13,14)/t3-,4-/m0/s1. The average molecular weight is 309 g/mol. The Hall–Kier alpha value is 0.140. The van der Waals surface area contributed by atoms with Crippen molar-refractivity contribution in [3.63, 3.8) is 0 Å². The van der Waals surface area contributed by atoms with Gasteiger partial charge in [0.1, 0.15) is 12.1 Å². The number of carbonyl (C=O) groups is 2. The van der Waals surface area contributed by atoms with Crippen molar-refractivity contribution in [2.45, 2.75) is 12.1 Å². The molecule has 94 valence electrons. The number of rotatable bonds is 9. The van der Waals surface area contributed by atoms with Gasteiger partial charge in [-0.3, -0.25) is 9.59 Å². The lowest BCUT2D eigenvalue weighted by Crippen LogP contribution is -2.34. The fraction of sp³-hybridized carbons (Fsp3) is 0.667. The van der Waals surface area contributed by atoms with Gasteiger partial charge in [0, 0.05) is 11.5 Å². The number of nitrogens with one attached hydrogen (secondary N) is 2. The summed E-state index contributed by atoms with van der Waals surface area (Å²) in [6, 6.07) is -1.74. The Labute approximate surface area is 110 Å². The fourth-order valence-corrected chi connectivity index (χ4v) is 3.37. The number of hydrogen-bond donors (Lipinski definition) is 4. The molecule has 2 atom stereocenters. The molecule has 0 bridgehead atoms. The van der Waals surface area contributed by atoms with E-state index in [4.69, 9.17) is 33.8 Å². The summed E-state index contributed by atoms with van der Waals surface area (Å²) in [5, 5.41) is 17.2. The summed E-state index contributed by atoms with van der Waals surface area (Å²) < 4.78 is 0. The van der Waals surface area contributed by atoms with E-state index in [1.165, 1.54) is 21.6 Å². The number of halogens is 2. The molecule has 0 saturated heterocycles. The van der Waals surface area contributed by atoms with Gasteiger partial charge in [-0.05, 0) is 23.6 Å². The number of hydrogen-bond acceptors (Lipinski definition) is 6. The lowest BCUT2D eigenvalue weighted by atomic mass is 10.4. The minimum absolute atomic E-state index is 0.220. The van der Waals surface area contributed by atoms with Crippen molar-refractivity contribution in [1.82, 2.24) is 9.67 Å². The van der Waals surface area contributed by atoms with E-state index in [2.05, 4.69) is 9.67 Å². The highest BCUT2D eigenvalue weighted by atomic mass is 35.5. The van der Waals surface area contributed by atoms with E-state index in [9.17, 15) is 9.59 Å². The summed E-state index contributed by atoms with van der Waals surface area (Å²) in [5.41, 5.74) is 0. The molecule has 0 heterocycles. The van der Waals surface area contributed by atoms with Crippen molar-refractivity contribution in [2.75, 3.05) is 11.5 Å². The lowest BCUT2D eigenvalue weighted by Gasteiger charge is -2.10. The molecule has 0 spiro atoms. The predicted molar refractivity (Wildman–Crippen MR) is 65.7 cm³/mol. The summed E-state index contributed by atoms with van der Waals surface area (Å²) >= 11 is 10.4. The molecule has 0 rings (SSSR count). The Balaban J connectivity index is 3.73. The first-order valence-electron chi connectivity index (χ1n) is 3.95.